The molecule has 7 heteroatoms. The van der Waals surface area contributed by atoms with Crippen molar-refractivity contribution in [2.24, 2.45) is 5.73 Å². The molecule has 1 aromatic carbocycles. The molecule has 0 saturated heterocycles. The van der Waals surface area contributed by atoms with E-state index in [0.717, 1.165) is 12.8 Å². The summed E-state index contributed by atoms with van der Waals surface area (Å²) >= 11 is 0. The number of nitrogens with two attached hydrogens (primary N) is 1. The predicted molar refractivity (Wildman–Crippen MR) is 102 cm³/mol. The van der Waals surface area contributed by atoms with Gasteiger partial charge in [0, 0.05) is 43.2 Å². The van der Waals surface area contributed by atoms with E-state index in [2.05, 4.69) is 15.6 Å². The first-order valence-corrected chi connectivity index (χ1v) is 8.90. The van der Waals surface area contributed by atoms with Gasteiger partial charge in [0.15, 0.2) is 0 Å². The second-order valence-electron chi connectivity index (χ2n) is 6.33. The Morgan fingerprint density at radius 1 is 1.27 bits per heavy atom. The molecule has 0 fully saturated rings. The molecule has 0 aliphatic heterocycles. The molecule has 0 spiro atoms. The Bertz CT molecular complexity index is 715. The number of amides is 2. The van der Waals surface area contributed by atoms with Gasteiger partial charge in [-0.3, -0.25) is 9.59 Å². The molecule has 4 N–H and O–H groups in total. The van der Waals surface area contributed by atoms with Crippen LogP contribution < -0.4 is 16.4 Å². The summed E-state index contributed by atoms with van der Waals surface area (Å²) in [5.74, 6) is -0.302. The zero-order valence-corrected chi connectivity index (χ0v) is 15.4. The highest BCUT2D eigenvalue weighted by atomic mass is 16.2. The maximum absolute atomic E-state index is 12.6. The Hall–Kier alpha value is -2.67. The summed E-state index contributed by atoms with van der Waals surface area (Å²) in [5.41, 5.74) is 6.54. The Morgan fingerprint density at radius 2 is 2.04 bits per heavy atom. The molecule has 2 rings (SSSR count). The minimum absolute atomic E-state index is 0.116. The van der Waals surface area contributed by atoms with Crippen LogP contribution in [0.25, 0.3) is 0 Å². The standard InChI is InChI=1S/C19H27N5O2/c1-3-19(4-2,13-20)23-18(26)15-6-5-7-16(12-15)22-17(25)8-10-24-11-9-21-14-24/h5-7,9,11-12,14H,3-4,8,10,13,20H2,1-2H3,(H,22,25)(H,23,26). The van der Waals surface area contributed by atoms with Gasteiger partial charge in [-0.2, -0.15) is 0 Å². The maximum Gasteiger partial charge on any atom is 0.251 e. The van der Waals surface area contributed by atoms with E-state index in [0.29, 0.717) is 30.8 Å². The number of hydrogen-bond acceptors (Lipinski definition) is 4. The zero-order valence-electron chi connectivity index (χ0n) is 15.4. The van der Waals surface area contributed by atoms with Crippen LogP contribution in [0.3, 0.4) is 0 Å². The highest BCUT2D eigenvalue weighted by Crippen LogP contribution is 2.16. The van der Waals surface area contributed by atoms with Gasteiger partial charge in [-0.25, -0.2) is 4.98 Å². The molecule has 140 valence electrons. The van der Waals surface area contributed by atoms with E-state index in [1.165, 1.54) is 0 Å². The van der Waals surface area contributed by atoms with Crippen LogP contribution in [0.15, 0.2) is 43.0 Å². The van der Waals surface area contributed by atoms with Gasteiger partial charge in [0.05, 0.1) is 11.9 Å². The number of aromatic nitrogens is 2. The van der Waals surface area contributed by atoms with E-state index >= 15 is 0 Å². The summed E-state index contributed by atoms with van der Waals surface area (Å²) in [5, 5.41) is 5.86. The van der Waals surface area contributed by atoms with Gasteiger partial charge in [-0.05, 0) is 31.0 Å². The van der Waals surface area contributed by atoms with Crippen LogP contribution in [0.1, 0.15) is 43.5 Å². The molecule has 0 radical (unpaired) electrons. The summed E-state index contributed by atoms with van der Waals surface area (Å²) in [4.78, 5) is 28.6. The number of hydrogen-bond donors (Lipinski definition) is 3. The topological polar surface area (TPSA) is 102 Å². The van der Waals surface area contributed by atoms with Crippen molar-refractivity contribution in [3.63, 3.8) is 0 Å². The third-order valence-electron chi connectivity index (χ3n) is 4.69. The third kappa shape index (κ3) is 5.16. The lowest BCUT2D eigenvalue weighted by Gasteiger charge is -2.31. The summed E-state index contributed by atoms with van der Waals surface area (Å²) in [6.45, 7) is 4.95. The molecule has 7 nitrogen and oxygen atoms in total. The molecule has 1 heterocycles. The van der Waals surface area contributed by atoms with Crippen LogP contribution in [0, 0.1) is 0 Å². The number of benzene rings is 1. The van der Waals surface area contributed by atoms with Crippen LogP contribution >= 0.6 is 0 Å². The summed E-state index contributed by atoms with van der Waals surface area (Å²) in [6, 6.07) is 6.92. The second kappa shape index (κ2) is 9.15. The van der Waals surface area contributed by atoms with Crippen molar-refractivity contribution in [2.45, 2.75) is 45.2 Å². The molecule has 0 bridgehead atoms. The highest BCUT2D eigenvalue weighted by molar-refractivity contribution is 5.97. The van der Waals surface area contributed by atoms with E-state index < -0.39 is 5.54 Å². The van der Waals surface area contributed by atoms with Crippen molar-refractivity contribution in [2.75, 3.05) is 11.9 Å². The van der Waals surface area contributed by atoms with Crippen LogP contribution in [0.2, 0.25) is 0 Å². The lowest BCUT2D eigenvalue weighted by molar-refractivity contribution is -0.116. The van der Waals surface area contributed by atoms with Crippen LogP contribution in [0.5, 0.6) is 0 Å². The van der Waals surface area contributed by atoms with Crippen molar-refractivity contribution in [1.82, 2.24) is 14.9 Å². The fraction of sp³-hybridized carbons (Fsp3) is 0.421. The average Bonchev–Trinajstić information content (AvgIpc) is 3.18. The monoisotopic (exact) mass is 357 g/mol. The van der Waals surface area contributed by atoms with Gasteiger partial charge in [0.1, 0.15) is 0 Å². The Labute approximate surface area is 154 Å². The Kier molecular flexibility index (Phi) is 6.91. The number of carbonyl (C=O) groups excluding carboxylic acids is 2. The fourth-order valence-electron chi connectivity index (χ4n) is 2.69. The smallest absolute Gasteiger partial charge is 0.251 e. The first-order valence-electron chi connectivity index (χ1n) is 8.90. The SMILES string of the molecule is CCC(CC)(CN)NC(=O)c1cccc(NC(=O)CCn2ccnc2)c1. The molecule has 1 aromatic heterocycles. The predicted octanol–water partition coefficient (Wildman–Crippen LogP) is 2.16. The number of anilines is 1. The minimum atomic E-state index is -0.402. The molecule has 0 aliphatic carbocycles. The normalized spacial score (nSPS) is 11.2. The lowest BCUT2D eigenvalue weighted by Crippen LogP contribution is -2.52. The quantitative estimate of drug-likeness (QED) is 0.640. The Balaban J connectivity index is 1.98. The summed E-state index contributed by atoms with van der Waals surface area (Å²) < 4.78 is 1.84. The van der Waals surface area contributed by atoms with Crippen LogP contribution in [-0.4, -0.2) is 33.4 Å². The number of nitrogens with one attached hydrogen (secondary N) is 2. The molecular weight excluding hydrogens is 330 g/mol. The van der Waals surface area contributed by atoms with E-state index in [-0.39, 0.29) is 11.8 Å². The zero-order chi connectivity index (χ0) is 19.0. The lowest BCUT2D eigenvalue weighted by atomic mass is 9.92. The number of nitrogens with zero attached hydrogens (tertiary/aromatic N) is 2. The molecule has 0 unspecified atom stereocenters. The Morgan fingerprint density at radius 3 is 2.65 bits per heavy atom. The van der Waals surface area contributed by atoms with Gasteiger partial charge in [-0.1, -0.05) is 19.9 Å². The van der Waals surface area contributed by atoms with Crippen molar-refractivity contribution < 1.29 is 9.59 Å². The minimum Gasteiger partial charge on any atom is -0.345 e. The maximum atomic E-state index is 12.6. The largest absolute Gasteiger partial charge is 0.345 e. The average molecular weight is 357 g/mol. The summed E-state index contributed by atoms with van der Waals surface area (Å²) in [6.07, 6.45) is 7.00. The van der Waals surface area contributed by atoms with Gasteiger partial charge in [0.2, 0.25) is 5.91 Å². The molecule has 0 atom stereocenters. The van der Waals surface area contributed by atoms with Gasteiger partial charge in [0.25, 0.3) is 5.91 Å². The first-order chi connectivity index (χ1) is 12.5. The van der Waals surface area contributed by atoms with Gasteiger partial charge in [-0.15, -0.1) is 0 Å². The van der Waals surface area contributed by atoms with Gasteiger partial charge < -0.3 is 20.9 Å². The number of imidazole rings is 1. The molecule has 2 amide bonds. The third-order valence-corrected chi connectivity index (χ3v) is 4.69. The van der Waals surface area contributed by atoms with E-state index in [1.807, 2.05) is 24.6 Å². The van der Waals surface area contributed by atoms with E-state index in [4.69, 9.17) is 5.73 Å². The molecule has 26 heavy (non-hydrogen) atoms. The van der Waals surface area contributed by atoms with E-state index in [1.54, 1.807) is 36.8 Å². The van der Waals surface area contributed by atoms with Crippen molar-refractivity contribution in [3.05, 3.63) is 48.5 Å². The molecule has 0 aliphatic rings. The number of carbonyl (C=O) groups is 2. The number of aryl methyl sites for hydroxylation is 1. The molecule has 2 aromatic rings. The molecular formula is C19H27N5O2. The van der Waals surface area contributed by atoms with Gasteiger partial charge >= 0.3 is 0 Å². The van der Waals surface area contributed by atoms with Crippen molar-refractivity contribution in [3.8, 4) is 0 Å². The van der Waals surface area contributed by atoms with Crippen LogP contribution in [0.4, 0.5) is 5.69 Å². The highest BCUT2D eigenvalue weighted by Gasteiger charge is 2.26. The van der Waals surface area contributed by atoms with Crippen molar-refractivity contribution in [1.29, 1.82) is 0 Å². The van der Waals surface area contributed by atoms with E-state index in [9.17, 15) is 9.59 Å². The first kappa shape index (κ1) is 19.7. The summed E-state index contributed by atoms with van der Waals surface area (Å²) in [7, 11) is 0. The molecule has 0 saturated carbocycles. The fourth-order valence-corrected chi connectivity index (χ4v) is 2.69. The van der Waals surface area contributed by atoms with Crippen LogP contribution in [-0.2, 0) is 11.3 Å². The second-order valence-corrected chi connectivity index (χ2v) is 6.33. The van der Waals surface area contributed by atoms with Crippen molar-refractivity contribution >= 4 is 17.5 Å². The number of rotatable bonds is 9.